The Labute approximate surface area is 236 Å². The standard InChI is InChI=1S/C29H27Cl2FN2O5/c1-19-27(16-35)34(18-38-26-13-7-23(31)8-14-26)20(2)29(33(19)15-21-3-9-24(32)10-4-21)39-28(36)17-37-25-11-5-22(30)6-12-25/h3-14,19-20,29H,15,17-18H2,1-2H3. The van der Waals surface area contributed by atoms with Gasteiger partial charge in [-0.1, -0.05) is 35.3 Å². The third-order valence-electron chi connectivity index (χ3n) is 6.42. The summed E-state index contributed by atoms with van der Waals surface area (Å²) in [6, 6.07) is 18.5. The van der Waals surface area contributed by atoms with Gasteiger partial charge in [0.25, 0.3) is 0 Å². The Morgan fingerprint density at radius 1 is 0.897 bits per heavy atom. The van der Waals surface area contributed by atoms with Crippen LogP contribution in [0.5, 0.6) is 11.5 Å². The smallest absolute Gasteiger partial charge is 0.345 e. The fourth-order valence-electron chi connectivity index (χ4n) is 4.31. The lowest BCUT2D eigenvalue weighted by Crippen LogP contribution is -2.62. The van der Waals surface area contributed by atoms with E-state index in [4.69, 9.17) is 37.4 Å². The molecule has 0 aliphatic carbocycles. The average molecular weight is 573 g/mol. The van der Waals surface area contributed by atoms with Crippen LogP contribution in [0.2, 0.25) is 10.0 Å². The molecule has 0 aromatic heterocycles. The Morgan fingerprint density at radius 3 is 2.03 bits per heavy atom. The van der Waals surface area contributed by atoms with Gasteiger partial charge in [0, 0.05) is 16.6 Å². The highest BCUT2D eigenvalue weighted by atomic mass is 35.5. The molecule has 1 heterocycles. The van der Waals surface area contributed by atoms with E-state index < -0.39 is 24.3 Å². The largest absolute Gasteiger partial charge is 0.482 e. The lowest BCUT2D eigenvalue weighted by Gasteiger charge is -2.49. The van der Waals surface area contributed by atoms with E-state index in [1.165, 1.54) is 12.1 Å². The highest BCUT2D eigenvalue weighted by Crippen LogP contribution is 2.31. The Bertz CT molecular complexity index is 1320. The average Bonchev–Trinajstić information content (AvgIpc) is 2.93. The summed E-state index contributed by atoms with van der Waals surface area (Å²) in [7, 11) is 0. The van der Waals surface area contributed by atoms with Gasteiger partial charge in [0.15, 0.2) is 19.6 Å². The molecule has 1 aliphatic rings. The molecule has 0 bridgehead atoms. The van der Waals surface area contributed by atoms with Crippen molar-refractivity contribution < 1.29 is 28.2 Å². The maximum Gasteiger partial charge on any atom is 0.345 e. The van der Waals surface area contributed by atoms with Crippen LogP contribution < -0.4 is 9.47 Å². The highest BCUT2D eigenvalue weighted by Gasteiger charge is 2.44. The van der Waals surface area contributed by atoms with E-state index in [1.807, 2.05) is 24.7 Å². The SMILES string of the molecule is CC1C(OC(=O)COc2ccc(Cl)cc2)N(Cc2ccc(F)cc2)C(C)C(=C=O)N1COc1ccc(Cl)cc1. The molecule has 1 fully saturated rings. The Morgan fingerprint density at radius 2 is 1.46 bits per heavy atom. The number of piperazine rings is 1. The third-order valence-corrected chi connectivity index (χ3v) is 6.93. The summed E-state index contributed by atoms with van der Waals surface area (Å²) in [5.74, 6) is 2.11. The second kappa shape index (κ2) is 13.0. The van der Waals surface area contributed by atoms with E-state index in [-0.39, 0.29) is 19.2 Å². The molecule has 3 atom stereocenters. The van der Waals surface area contributed by atoms with Gasteiger partial charge in [-0.3, -0.25) is 4.90 Å². The van der Waals surface area contributed by atoms with Gasteiger partial charge in [0.05, 0.1) is 12.1 Å². The van der Waals surface area contributed by atoms with Gasteiger partial charge in [0.1, 0.15) is 29.0 Å². The predicted molar refractivity (Wildman–Crippen MR) is 146 cm³/mol. The summed E-state index contributed by atoms with van der Waals surface area (Å²) in [4.78, 5) is 28.6. The molecule has 3 aromatic carbocycles. The van der Waals surface area contributed by atoms with E-state index in [9.17, 15) is 14.0 Å². The Kier molecular flexibility index (Phi) is 9.49. The van der Waals surface area contributed by atoms with Crippen LogP contribution >= 0.6 is 23.2 Å². The third kappa shape index (κ3) is 7.31. The van der Waals surface area contributed by atoms with Crippen molar-refractivity contribution in [1.82, 2.24) is 9.80 Å². The molecule has 39 heavy (non-hydrogen) atoms. The summed E-state index contributed by atoms with van der Waals surface area (Å²) in [5, 5.41) is 1.12. The lowest BCUT2D eigenvalue weighted by molar-refractivity contribution is -0.180. The minimum Gasteiger partial charge on any atom is -0.482 e. The second-order valence-electron chi connectivity index (χ2n) is 9.02. The summed E-state index contributed by atoms with van der Waals surface area (Å²) < 4.78 is 30.9. The van der Waals surface area contributed by atoms with Crippen molar-refractivity contribution in [3.63, 3.8) is 0 Å². The van der Waals surface area contributed by atoms with Crippen molar-refractivity contribution in [3.8, 4) is 11.5 Å². The summed E-state index contributed by atoms with van der Waals surface area (Å²) in [5.41, 5.74) is 1.12. The summed E-state index contributed by atoms with van der Waals surface area (Å²) in [6.45, 7) is 3.61. The molecule has 0 radical (unpaired) electrons. The van der Waals surface area contributed by atoms with Crippen LogP contribution in [0.3, 0.4) is 0 Å². The van der Waals surface area contributed by atoms with Crippen molar-refractivity contribution in [3.05, 3.63) is 99.9 Å². The molecule has 3 unspecified atom stereocenters. The molecule has 3 aromatic rings. The first-order valence-electron chi connectivity index (χ1n) is 12.2. The Balaban J connectivity index is 1.55. The van der Waals surface area contributed by atoms with Crippen molar-refractivity contribution in [2.45, 2.75) is 38.7 Å². The normalized spacial score (nSPS) is 19.4. The van der Waals surface area contributed by atoms with E-state index in [2.05, 4.69) is 0 Å². The topological polar surface area (TPSA) is 68.3 Å². The number of carbonyl (C=O) groups is 1. The van der Waals surface area contributed by atoms with E-state index in [0.717, 1.165) is 5.56 Å². The Hall–Kier alpha value is -3.55. The lowest BCUT2D eigenvalue weighted by atomic mass is 10.0. The molecule has 0 amide bonds. The zero-order valence-electron chi connectivity index (χ0n) is 21.4. The van der Waals surface area contributed by atoms with Crippen LogP contribution in [0.25, 0.3) is 0 Å². The number of esters is 1. The van der Waals surface area contributed by atoms with E-state index in [0.29, 0.717) is 33.8 Å². The maximum absolute atomic E-state index is 13.5. The van der Waals surface area contributed by atoms with Crippen molar-refractivity contribution in [1.29, 1.82) is 0 Å². The molecule has 1 aliphatic heterocycles. The predicted octanol–water partition coefficient (Wildman–Crippen LogP) is 5.73. The fourth-order valence-corrected chi connectivity index (χ4v) is 4.56. The van der Waals surface area contributed by atoms with Gasteiger partial charge < -0.3 is 19.1 Å². The number of benzene rings is 3. The molecule has 204 valence electrons. The van der Waals surface area contributed by atoms with Gasteiger partial charge in [-0.15, -0.1) is 0 Å². The molecular weight excluding hydrogens is 546 g/mol. The van der Waals surface area contributed by atoms with Crippen LogP contribution in [0.15, 0.2) is 78.5 Å². The van der Waals surface area contributed by atoms with Gasteiger partial charge in [-0.05, 0) is 80.1 Å². The molecule has 10 heteroatoms. The number of rotatable bonds is 9. The van der Waals surface area contributed by atoms with Crippen LogP contribution in [0, 0.1) is 5.82 Å². The molecule has 4 rings (SSSR count). The minimum absolute atomic E-state index is 0.0113. The molecule has 7 nitrogen and oxygen atoms in total. The zero-order valence-corrected chi connectivity index (χ0v) is 22.9. The number of ether oxygens (including phenoxy) is 3. The number of nitrogens with zero attached hydrogens (tertiary/aromatic N) is 2. The number of hydrogen-bond donors (Lipinski definition) is 0. The zero-order chi connectivity index (χ0) is 27.9. The van der Waals surface area contributed by atoms with Crippen LogP contribution in [-0.4, -0.2) is 53.4 Å². The summed E-state index contributed by atoms with van der Waals surface area (Å²) >= 11 is 11.9. The fraction of sp³-hybridized carbons (Fsp3) is 0.276. The number of hydrogen-bond acceptors (Lipinski definition) is 7. The van der Waals surface area contributed by atoms with Crippen molar-refractivity contribution in [2.24, 2.45) is 0 Å². The minimum atomic E-state index is -0.794. The van der Waals surface area contributed by atoms with Crippen LogP contribution in [0.4, 0.5) is 4.39 Å². The monoisotopic (exact) mass is 572 g/mol. The second-order valence-corrected chi connectivity index (χ2v) is 9.90. The van der Waals surface area contributed by atoms with Gasteiger partial charge >= 0.3 is 5.97 Å². The van der Waals surface area contributed by atoms with Gasteiger partial charge in [-0.2, -0.15) is 0 Å². The van der Waals surface area contributed by atoms with E-state index in [1.54, 1.807) is 65.6 Å². The van der Waals surface area contributed by atoms with Crippen molar-refractivity contribution in [2.75, 3.05) is 13.3 Å². The first-order valence-corrected chi connectivity index (χ1v) is 13.0. The number of halogens is 3. The van der Waals surface area contributed by atoms with Crippen LogP contribution in [-0.2, 0) is 20.9 Å². The highest BCUT2D eigenvalue weighted by molar-refractivity contribution is 6.30. The summed E-state index contributed by atoms with van der Waals surface area (Å²) in [6.07, 6.45) is -0.794. The van der Waals surface area contributed by atoms with Crippen molar-refractivity contribution >= 4 is 35.1 Å². The first-order chi connectivity index (χ1) is 18.7. The molecular formula is C29H27Cl2FN2O5. The molecule has 0 N–H and O–H groups in total. The quantitative estimate of drug-likeness (QED) is 0.239. The number of carbonyl (C=O) groups excluding carboxylic acids is 2. The molecule has 0 spiro atoms. The van der Waals surface area contributed by atoms with E-state index >= 15 is 0 Å². The molecule has 1 saturated heterocycles. The first kappa shape index (κ1) is 28.5. The molecule has 0 saturated carbocycles. The van der Waals surface area contributed by atoms with Crippen LogP contribution in [0.1, 0.15) is 19.4 Å². The van der Waals surface area contributed by atoms with Gasteiger partial charge in [0.2, 0.25) is 0 Å². The maximum atomic E-state index is 13.5. The van der Waals surface area contributed by atoms with Gasteiger partial charge in [-0.25, -0.2) is 14.0 Å².